The Bertz CT molecular complexity index is 542. The number of carbonyl (C=O) groups excluding carboxylic acids is 1. The first-order valence-corrected chi connectivity index (χ1v) is 7.25. The highest BCUT2D eigenvalue weighted by molar-refractivity contribution is 6.32. The number of benzene rings is 1. The van der Waals surface area contributed by atoms with E-state index in [4.69, 9.17) is 16.3 Å². The van der Waals surface area contributed by atoms with Crippen molar-refractivity contribution in [3.05, 3.63) is 29.3 Å². The molecular weight excluding hydrogens is 294 g/mol. The van der Waals surface area contributed by atoms with Crippen molar-refractivity contribution in [3.8, 4) is 5.75 Å². The van der Waals surface area contributed by atoms with Gasteiger partial charge in [0.15, 0.2) is 6.10 Å². The van der Waals surface area contributed by atoms with Gasteiger partial charge in [-0.2, -0.15) is 0 Å². The first-order valence-electron chi connectivity index (χ1n) is 6.87. The Morgan fingerprint density at radius 2 is 2.10 bits per heavy atom. The highest BCUT2D eigenvalue weighted by Gasteiger charge is 2.44. The maximum absolute atomic E-state index is 12.0. The SMILES string of the molecule is CC(Oc1ccccc1Cl)C(=O)NCC1(C(=O)O)CCC1. The lowest BCUT2D eigenvalue weighted by atomic mass is 9.69. The normalized spacial score (nSPS) is 17.4. The van der Waals surface area contributed by atoms with Crippen molar-refractivity contribution < 1.29 is 19.4 Å². The zero-order chi connectivity index (χ0) is 15.5. The first kappa shape index (κ1) is 15.6. The Morgan fingerprint density at radius 1 is 1.43 bits per heavy atom. The van der Waals surface area contributed by atoms with Crippen LogP contribution in [0.15, 0.2) is 24.3 Å². The van der Waals surface area contributed by atoms with E-state index in [9.17, 15) is 14.7 Å². The van der Waals surface area contributed by atoms with Crippen LogP contribution in [0.4, 0.5) is 0 Å². The predicted molar refractivity (Wildman–Crippen MR) is 78.5 cm³/mol. The summed E-state index contributed by atoms with van der Waals surface area (Å²) in [4.78, 5) is 23.2. The third kappa shape index (κ3) is 3.47. The number of para-hydroxylation sites is 1. The second kappa shape index (κ2) is 6.35. The van der Waals surface area contributed by atoms with Crippen LogP contribution in [0.1, 0.15) is 26.2 Å². The summed E-state index contributed by atoms with van der Waals surface area (Å²) >= 11 is 5.96. The number of nitrogens with one attached hydrogen (secondary N) is 1. The number of halogens is 1. The van der Waals surface area contributed by atoms with Gasteiger partial charge in [0.05, 0.1) is 10.4 Å². The van der Waals surface area contributed by atoms with Gasteiger partial charge in [-0.05, 0) is 31.9 Å². The van der Waals surface area contributed by atoms with Crippen LogP contribution in [0.25, 0.3) is 0 Å². The van der Waals surface area contributed by atoms with E-state index in [0.29, 0.717) is 23.6 Å². The monoisotopic (exact) mass is 311 g/mol. The number of hydrogen-bond acceptors (Lipinski definition) is 3. The van der Waals surface area contributed by atoms with E-state index in [1.807, 2.05) is 0 Å². The molecule has 5 nitrogen and oxygen atoms in total. The molecule has 1 atom stereocenters. The zero-order valence-corrected chi connectivity index (χ0v) is 12.5. The van der Waals surface area contributed by atoms with Gasteiger partial charge in [0.25, 0.3) is 5.91 Å². The highest BCUT2D eigenvalue weighted by Crippen LogP contribution is 2.40. The molecule has 0 bridgehead atoms. The number of rotatable bonds is 6. The molecule has 0 heterocycles. The van der Waals surface area contributed by atoms with Crippen LogP contribution in [-0.4, -0.2) is 29.6 Å². The van der Waals surface area contributed by atoms with Crippen LogP contribution in [-0.2, 0) is 9.59 Å². The van der Waals surface area contributed by atoms with Gasteiger partial charge in [-0.15, -0.1) is 0 Å². The summed E-state index contributed by atoms with van der Waals surface area (Å²) in [7, 11) is 0. The summed E-state index contributed by atoms with van der Waals surface area (Å²) in [5.74, 6) is -0.769. The largest absolute Gasteiger partial charge is 0.481 e. The van der Waals surface area contributed by atoms with Crippen LogP contribution < -0.4 is 10.1 Å². The van der Waals surface area contributed by atoms with E-state index < -0.39 is 17.5 Å². The molecule has 1 amide bonds. The molecule has 21 heavy (non-hydrogen) atoms. The molecule has 1 aliphatic rings. The molecule has 0 saturated heterocycles. The minimum Gasteiger partial charge on any atom is -0.481 e. The summed E-state index contributed by atoms with van der Waals surface area (Å²) < 4.78 is 5.49. The molecular formula is C15H18ClNO4. The fourth-order valence-corrected chi connectivity index (χ4v) is 2.43. The summed E-state index contributed by atoms with van der Waals surface area (Å²) in [6.07, 6.45) is 1.34. The van der Waals surface area contributed by atoms with E-state index in [0.717, 1.165) is 6.42 Å². The standard InChI is InChI=1S/C15H18ClNO4/c1-10(21-12-6-3-2-5-11(12)16)13(18)17-9-15(14(19)20)7-4-8-15/h2-3,5-6,10H,4,7-9H2,1H3,(H,17,18)(H,19,20). The molecule has 114 valence electrons. The zero-order valence-electron chi connectivity index (χ0n) is 11.8. The summed E-state index contributed by atoms with van der Waals surface area (Å²) in [6.45, 7) is 1.74. The van der Waals surface area contributed by atoms with Crippen molar-refractivity contribution in [3.63, 3.8) is 0 Å². The van der Waals surface area contributed by atoms with Crippen molar-refractivity contribution in [1.29, 1.82) is 0 Å². The lowest BCUT2D eigenvalue weighted by Crippen LogP contribution is -2.49. The Balaban J connectivity index is 1.88. The molecule has 1 saturated carbocycles. The van der Waals surface area contributed by atoms with Crippen LogP contribution in [0.3, 0.4) is 0 Å². The average molecular weight is 312 g/mol. The number of amides is 1. The van der Waals surface area contributed by atoms with Gasteiger partial charge in [0, 0.05) is 6.54 Å². The molecule has 1 aliphatic carbocycles. The van der Waals surface area contributed by atoms with Gasteiger partial charge in [-0.1, -0.05) is 30.2 Å². The van der Waals surface area contributed by atoms with Crippen molar-refractivity contribution in [1.82, 2.24) is 5.32 Å². The Kier molecular flexibility index (Phi) is 4.73. The van der Waals surface area contributed by atoms with E-state index in [2.05, 4.69) is 5.32 Å². The summed E-state index contributed by atoms with van der Waals surface area (Å²) in [5.41, 5.74) is -0.806. The molecule has 0 spiro atoms. The quantitative estimate of drug-likeness (QED) is 0.846. The maximum Gasteiger partial charge on any atom is 0.311 e. The van der Waals surface area contributed by atoms with E-state index in [-0.39, 0.29) is 12.5 Å². The minimum atomic E-state index is -0.853. The number of hydrogen-bond donors (Lipinski definition) is 2. The molecule has 2 N–H and O–H groups in total. The Hall–Kier alpha value is -1.75. The number of aliphatic carboxylic acids is 1. The predicted octanol–water partition coefficient (Wildman–Crippen LogP) is 2.48. The Labute approximate surface area is 128 Å². The minimum absolute atomic E-state index is 0.136. The molecule has 1 fully saturated rings. The number of carboxylic acid groups (broad SMARTS) is 1. The smallest absolute Gasteiger partial charge is 0.311 e. The first-order chi connectivity index (χ1) is 9.94. The van der Waals surface area contributed by atoms with E-state index in [1.54, 1.807) is 31.2 Å². The van der Waals surface area contributed by atoms with Gasteiger partial charge < -0.3 is 15.2 Å². The van der Waals surface area contributed by atoms with Gasteiger partial charge in [0.1, 0.15) is 5.75 Å². The second-order valence-corrected chi connectivity index (χ2v) is 5.75. The topological polar surface area (TPSA) is 75.6 Å². The van der Waals surface area contributed by atoms with E-state index >= 15 is 0 Å². The van der Waals surface area contributed by atoms with Gasteiger partial charge in [-0.25, -0.2) is 0 Å². The second-order valence-electron chi connectivity index (χ2n) is 5.35. The fourth-order valence-electron chi connectivity index (χ4n) is 2.25. The van der Waals surface area contributed by atoms with Crippen LogP contribution in [0.5, 0.6) is 5.75 Å². The third-order valence-corrected chi connectivity index (χ3v) is 4.19. The van der Waals surface area contributed by atoms with Crippen molar-refractivity contribution in [2.75, 3.05) is 6.54 Å². The lowest BCUT2D eigenvalue weighted by Gasteiger charge is -2.37. The molecule has 0 aliphatic heterocycles. The van der Waals surface area contributed by atoms with Crippen LogP contribution >= 0.6 is 11.6 Å². The van der Waals surface area contributed by atoms with Gasteiger partial charge in [0.2, 0.25) is 0 Å². The lowest BCUT2D eigenvalue weighted by molar-refractivity contribution is -0.154. The summed E-state index contributed by atoms with van der Waals surface area (Å²) in [5, 5.41) is 12.3. The molecule has 1 aromatic rings. The maximum atomic E-state index is 12.0. The number of ether oxygens (including phenoxy) is 1. The van der Waals surface area contributed by atoms with Crippen molar-refractivity contribution in [2.45, 2.75) is 32.3 Å². The fraction of sp³-hybridized carbons (Fsp3) is 0.467. The van der Waals surface area contributed by atoms with Gasteiger partial charge >= 0.3 is 5.97 Å². The van der Waals surface area contributed by atoms with E-state index in [1.165, 1.54) is 0 Å². The molecule has 2 rings (SSSR count). The third-order valence-electron chi connectivity index (χ3n) is 3.87. The Morgan fingerprint density at radius 3 is 2.62 bits per heavy atom. The molecule has 0 aromatic heterocycles. The highest BCUT2D eigenvalue weighted by atomic mass is 35.5. The van der Waals surface area contributed by atoms with Crippen LogP contribution in [0.2, 0.25) is 5.02 Å². The van der Waals surface area contributed by atoms with Gasteiger partial charge in [-0.3, -0.25) is 9.59 Å². The molecule has 0 radical (unpaired) electrons. The molecule has 6 heteroatoms. The summed E-state index contributed by atoms with van der Waals surface area (Å²) in [6, 6.07) is 6.89. The number of carbonyl (C=O) groups is 2. The molecule has 1 unspecified atom stereocenters. The van der Waals surface area contributed by atoms with Crippen LogP contribution in [0, 0.1) is 5.41 Å². The average Bonchev–Trinajstić information content (AvgIpc) is 2.39. The molecule has 1 aromatic carbocycles. The number of carboxylic acids is 1. The van der Waals surface area contributed by atoms with Crippen molar-refractivity contribution >= 4 is 23.5 Å². The van der Waals surface area contributed by atoms with Crippen molar-refractivity contribution in [2.24, 2.45) is 5.41 Å².